The summed E-state index contributed by atoms with van der Waals surface area (Å²) in [6, 6.07) is 7.98. The minimum absolute atomic E-state index is 0.0368. The lowest BCUT2D eigenvalue weighted by Crippen LogP contribution is -2.30. The van der Waals surface area contributed by atoms with Crippen LogP contribution in [0.15, 0.2) is 42.1 Å². The largest absolute Gasteiger partial charge is 0.355 e. The summed E-state index contributed by atoms with van der Waals surface area (Å²) < 4.78 is 2.09. The van der Waals surface area contributed by atoms with Crippen molar-refractivity contribution in [3.63, 3.8) is 0 Å². The van der Waals surface area contributed by atoms with Crippen molar-refractivity contribution in [1.29, 1.82) is 0 Å². The van der Waals surface area contributed by atoms with Crippen LogP contribution in [0.3, 0.4) is 0 Å². The summed E-state index contributed by atoms with van der Waals surface area (Å²) in [5.74, 6) is 0.0368. The molecule has 1 unspecified atom stereocenters. The number of imidazole rings is 1. The molecule has 2 rings (SSSR count). The van der Waals surface area contributed by atoms with Crippen LogP contribution in [-0.4, -0.2) is 27.3 Å². The monoisotopic (exact) mass is 289 g/mol. The van der Waals surface area contributed by atoms with Gasteiger partial charge >= 0.3 is 0 Å². The van der Waals surface area contributed by atoms with Crippen LogP contribution < -0.4 is 5.32 Å². The molecule has 0 saturated heterocycles. The Bertz CT molecular complexity index is 621. The number of allylic oxidation sites excluding steroid dienone is 1. The number of hydrogen-bond acceptors (Lipinski definition) is 3. The number of carbonyl (C=O) groups excluding carboxylic acids is 1. The first-order valence-electron chi connectivity index (χ1n) is 6.68. The fourth-order valence-electron chi connectivity index (χ4n) is 1.98. The minimum atomic E-state index is -0.171. The predicted molar refractivity (Wildman–Crippen MR) is 83.9 cm³/mol. The van der Waals surface area contributed by atoms with Gasteiger partial charge < -0.3 is 9.88 Å². The summed E-state index contributed by atoms with van der Waals surface area (Å²) in [5, 5.41) is 3.51. The molecule has 4 nitrogen and oxygen atoms in total. The Kier molecular flexibility index (Phi) is 4.84. The van der Waals surface area contributed by atoms with E-state index in [4.69, 9.17) is 0 Å². The van der Waals surface area contributed by atoms with Crippen molar-refractivity contribution in [1.82, 2.24) is 14.9 Å². The number of benzene rings is 1. The first-order valence-corrected chi connectivity index (χ1v) is 7.55. The van der Waals surface area contributed by atoms with Crippen LogP contribution in [0.2, 0.25) is 0 Å². The van der Waals surface area contributed by atoms with Crippen LogP contribution >= 0.6 is 11.8 Å². The van der Waals surface area contributed by atoms with E-state index in [0.717, 1.165) is 16.2 Å². The maximum atomic E-state index is 11.8. The normalized spacial score (nSPS) is 12.3. The molecule has 0 aliphatic heterocycles. The Morgan fingerprint density at radius 1 is 1.55 bits per heavy atom. The number of carbonyl (C=O) groups is 1. The Balaban J connectivity index is 2.31. The summed E-state index contributed by atoms with van der Waals surface area (Å²) >= 11 is 1.48. The van der Waals surface area contributed by atoms with E-state index in [2.05, 4.69) is 21.4 Å². The van der Waals surface area contributed by atoms with Gasteiger partial charge in [0.25, 0.3) is 0 Å². The van der Waals surface area contributed by atoms with Crippen molar-refractivity contribution < 1.29 is 4.79 Å². The van der Waals surface area contributed by atoms with E-state index >= 15 is 0 Å². The summed E-state index contributed by atoms with van der Waals surface area (Å²) in [5.41, 5.74) is 2.01. The molecular formula is C15H19N3OS. The fraction of sp³-hybridized carbons (Fsp3) is 0.333. The van der Waals surface area contributed by atoms with Crippen molar-refractivity contribution in [2.75, 3.05) is 6.54 Å². The van der Waals surface area contributed by atoms with Gasteiger partial charge in [0.2, 0.25) is 5.91 Å². The molecular weight excluding hydrogens is 270 g/mol. The number of hydrogen-bond donors (Lipinski definition) is 1. The Labute approximate surface area is 123 Å². The lowest BCUT2D eigenvalue weighted by atomic mass is 10.3. The molecule has 1 aromatic carbocycles. The van der Waals surface area contributed by atoms with E-state index in [1.807, 2.05) is 44.2 Å². The Hall–Kier alpha value is -1.75. The second kappa shape index (κ2) is 6.61. The van der Waals surface area contributed by atoms with Crippen LogP contribution in [0, 0.1) is 0 Å². The maximum absolute atomic E-state index is 11.8. The highest BCUT2D eigenvalue weighted by molar-refractivity contribution is 8.00. The molecule has 1 atom stereocenters. The highest BCUT2D eigenvalue weighted by Gasteiger charge is 2.18. The molecule has 1 amide bonds. The van der Waals surface area contributed by atoms with E-state index in [0.29, 0.717) is 13.1 Å². The van der Waals surface area contributed by atoms with E-state index in [1.54, 1.807) is 0 Å². The zero-order valence-corrected chi connectivity index (χ0v) is 12.6. The van der Waals surface area contributed by atoms with Crippen molar-refractivity contribution >= 4 is 28.7 Å². The third kappa shape index (κ3) is 3.04. The molecule has 1 aromatic heterocycles. The Morgan fingerprint density at radius 2 is 2.30 bits per heavy atom. The second-order valence-electron chi connectivity index (χ2n) is 4.44. The molecule has 20 heavy (non-hydrogen) atoms. The van der Waals surface area contributed by atoms with Crippen molar-refractivity contribution in [2.45, 2.75) is 30.8 Å². The van der Waals surface area contributed by atoms with Crippen LogP contribution in [0.4, 0.5) is 0 Å². The fourth-order valence-corrected chi connectivity index (χ4v) is 2.94. The van der Waals surface area contributed by atoms with E-state index in [1.165, 1.54) is 11.8 Å². The van der Waals surface area contributed by atoms with Gasteiger partial charge in [0.1, 0.15) is 0 Å². The third-order valence-electron chi connectivity index (χ3n) is 2.93. The summed E-state index contributed by atoms with van der Waals surface area (Å²) in [6.45, 7) is 8.94. The zero-order valence-electron chi connectivity index (χ0n) is 11.8. The zero-order chi connectivity index (χ0) is 14.5. The van der Waals surface area contributed by atoms with E-state index in [-0.39, 0.29) is 11.2 Å². The molecule has 1 heterocycles. The van der Waals surface area contributed by atoms with Crippen molar-refractivity contribution in [3.05, 3.63) is 36.9 Å². The van der Waals surface area contributed by atoms with Gasteiger partial charge in [-0.2, -0.15) is 0 Å². The van der Waals surface area contributed by atoms with E-state index < -0.39 is 0 Å². The molecule has 0 aliphatic rings. The first-order chi connectivity index (χ1) is 9.67. The smallest absolute Gasteiger partial charge is 0.233 e. The molecule has 0 saturated carbocycles. The number of para-hydroxylation sites is 2. The average molecular weight is 289 g/mol. The number of thioether (sulfide) groups is 1. The lowest BCUT2D eigenvalue weighted by Gasteiger charge is -2.11. The van der Waals surface area contributed by atoms with Gasteiger partial charge in [0, 0.05) is 13.1 Å². The number of nitrogens with zero attached hydrogens (tertiary/aromatic N) is 2. The first kappa shape index (κ1) is 14.7. The van der Waals surface area contributed by atoms with Crippen LogP contribution in [0.1, 0.15) is 13.8 Å². The third-order valence-corrected chi connectivity index (χ3v) is 4.02. The quantitative estimate of drug-likeness (QED) is 0.657. The van der Waals surface area contributed by atoms with Gasteiger partial charge in [-0.25, -0.2) is 4.98 Å². The summed E-state index contributed by atoms with van der Waals surface area (Å²) in [6.07, 6.45) is 1.84. The van der Waals surface area contributed by atoms with Crippen molar-refractivity contribution in [2.24, 2.45) is 0 Å². The molecule has 0 radical (unpaired) electrons. The van der Waals surface area contributed by atoms with Gasteiger partial charge in [-0.3, -0.25) is 4.79 Å². The van der Waals surface area contributed by atoms with Crippen LogP contribution in [0.5, 0.6) is 0 Å². The molecule has 1 N–H and O–H groups in total. The number of amides is 1. The predicted octanol–water partition coefficient (Wildman–Crippen LogP) is 2.84. The number of aromatic nitrogens is 2. The molecule has 0 bridgehead atoms. The lowest BCUT2D eigenvalue weighted by molar-refractivity contribution is -0.120. The molecule has 0 spiro atoms. The minimum Gasteiger partial charge on any atom is -0.355 e. The summed E-state index contributed by atoms with van der Waals surface area (Å²) in [7, 11) is 0. The van der Waals surface area contributed by atoms with Gasteiger partial charge in [-0.1, -0.05) is 30.0 Å². The van der Waals surface area contributed by atoms with Gasteiger partial charge in [-0.15, -0.1) is 6.58 Å². The highest BCUT2D eigenvalue weighted by Crippen LogP contribution is 2.27. The Morgan fingerprint density at radius 3 is 3.00 bits per heavy atom. The second-order valence-corrected chi connectivity index (χ2v) is 5.74. The molecule has 0 aliphatic carbocycles. The van der Waals surface area contributed by atoms with Gasteiger partial charge in [0.05, 0.1) is 16.3 Å². The molecule has 5 heteroatoms. The maximum Gasteiger partial charge on any atom is 0.233 e. The van der Waals surface area contributed by atoms with Gasteiger partial charge in [0.15, 0.2) is 5.16 Å². The molecule has 106 valence electrons. The molecule has 0 fully saturated rings. The standard InChI is InChI=1S/C15H19N3OS/c1-4-10-18-13-9-7-6-8-12(13)17-15(18)20-11(3)14(19)16-5-2/h4,6-9,11H,1,5,10H2,2-3H3,(H,16,19). The van der Waals surface area contributed by atoms with Gasteiger partial charge in [-0.05, 0) is 26.0 Å². The highest BCUT2D eigenvalue weighted by atomic mass is 32.2. The van der Waals surface area contributed by atoms with Crippen LogP contribution in [-0.2, 0) is 11.3 Å². The summed E-state index contributed by atoms with van der Waals surface area (Å²) in [4.78, 5) is 16.5. The SMILES string of the molecule is C=CCn1c(SC(C)C(=O)NCC)nc2ccccc21. The van der Waals surface area contributed by atoms with E-state index in [9.17, 15) is 4.79 Å². The van der Waals surface area contributed by atoms with Crippen molar-refractivity contribution in [3.8, 4) is 0 Å². The topological polar surface area (TPSA) is 46.9 Å². The number of nitrogens with one attached hydrogen (secondary N) is 1. The molecule has 2 aromatic rings. The average Bonchev–Trinajstić information content (AvgIpc) is 2.78. The van der Waals surface area contributed by atoms with Crippen LogP contribution in [0.25, 0.3) is 11.0 Å². The number of rotatable bonds is 6. The number of fused-ring (bicyclic) bond motifs is 1.